The second-order valence-electron chi connectivity index (χ2n) is 5.47. The zero-order valence-electron chi connectivity index (χ0n) is 11.7. The van der Waals surface area contributed by atoms with Gasteiger partial charge in [0.15, 0.2) is 0 Å². The van der Waals surface area contributed by atoms with Crippen molar-refractivity contribution in [3.05, 3.63) is 29.8 Å². The first-order valence-corrected chi connectivity index (χ1v) is 7.35. The lowest BCUT2D eigenvalue weighted by Crippen LogP contribution is -2.33. The standard InChI is InChI=1S/C16H26N2/c1-3-15(17)14-10-6-7-11-16(14)18-12-8-4-5-9-13(18)2/h6-7,10-11,13,15H,3-5,8-9,12,17H2,1-2H3. The van der Waals surface area contributed by atoms with Crippen molar-refractivity contribution in [1.82, 2.24) is 0 Å². The summed E-state index contributed by atoms with van der Waals surface area (Å²) in [6, 6.07) is 9.48. The molecule has 0 saturated carbocycles. The van der Waals surface area contributed by atoms with Crippen molar-refractivity contribution in [3.63, 3.8) is 0 Å². The predicted molar refractivity (Wildman–Crippen MR) is 78.9 cm³/mol. The van der Waals surface area contributed by atoms with Crippen LogP contribution in [0.1, 0.15) is 57.6 Å². The van der Waals surface area contributed by atoms with E-state index >= 15 is 0 Å². The summed E-state index contributed by atoms with van der Waals surface area (Å²) in [5.74, 6) is 0. The summed E-state index contributed by atoms with van der Waals surface area (Å²) in [4.78, 5) is 2.57. The van der Waals surface area contributed by atoms with E-state index in [9.17, 15) is 0 Å². The van der Waals surface area contributed by atoms with Gasteiger partial charge in [0.1, 0.15) is 0 Å². The topological polar surface area (TPSA) is 29.3 Å². The maximum absolute atomic E-state index is 6.26. The molecule has 1 fully saturated rings. The molecule has 1 aliphatic rings. The summed E-state index contributed by atoms with van der Waals surface area (Å²) in [5.41, 5.74) is 8.94. The zero-order valence-corrected chi connectivity index (χ0v) is 11.7. The van der Waals surface area contributed by atoms with E-state index in [0.29, 0.717) is 6.04 Å². The van der Waals surface area contributed by atoms with E-state index in [1.54, 1.807) is 0 Å². The molecule has 1 aromatic rings. The smallest absolute Gasteiger partial charge is 0.0417 e. The average Bonchev–Trinajstić information content (AvgIpc) is 2.62. The van der Waals surface area contributed by atoms with Crippen molar-refractivity contribution in [2.24, 2.45) is 5.73 Å². The van der Waals surface area contributed by atoms with Crippen LogP contribution < -0.4 is 10.6 Å². The van der Waals surface area contributed by atoms with E-state index in [2.05, 4.69) is 43.0 Å². The second kappa shape index (κ2) is 6.24. The number of hydrogen-bond acceptors (Lipinski definition) is 2. The van der Waals surface area contributed by atoms with Crippen LogP contribution in [0.3, 0.4) is 0 Å². The lowest BCUT2D eigenvalue weighted by atomic mass is 10.0. The van der Waals surface area contributed by atoms with Crippen molar-refractivity contribution < 1.29 is 0 Å². The van der Waals surface area contributed by atoms with Gasteiger partial charge in [-0.05, 0) is 37.8 Å². The minimum Gasteiger partial charge on any atom is -0.369 e. The van der Waals surface area contributed by atoms with E-state index in [1.807, 2.05) is 0 Å². The van der Waals surface area contributed by atoms with E-state index in [-0.39, 0.29) is 6.04 Å². The third-order valence-corrected chi connectivity index (χ3v) is 4.14. The second-order valence-corrected chi connectivity index (χ2v) is 5.47. The van der Waals surface area contributed by atoms with Crippen LogP contribution in [0, 0.1) is 0 Å². The monoisotopic (exact) mass is 246 g/mol. The van der Waals surface area contributed by atoms with Crippen molar-refractivity contribution in [1.29, 1.82) is 0 Å². The van der Waals surface area contributed by atoms with E-state index < -0.39 is 0 Å². The molecule has 2 unspecified atom stereocenters. The molecule has 1 heterocycles. The van der Waals surface area contributed by atoms with Gasteiger partial charge in [0, 0.05) is 24.3 Å². The van der Waals surface area contributed by atoms with Crippen LogP contribution in [0.5, 0.6) is 0 Å². The number of para-hydroxylation sites is 1. The van der Waals surface area contributed by atoms with Gasteiger partial charge in [-0.25, -0.2) is 0 Å². The first-order valence-electron chi connectivity index (χ1n) is 7.35. The van der Waals surface area contributed by atoms with Crippen LogP contribution in [0.2, 0.25) is 0 Å². The fraction of sp³-hybridized carbons (Fsp3) is 0.625. The molecule has 2 heteroatoms. The Kier molecular flexibility index (Phi) is 4.65. The van der Waals surface area contributed by atoms with E-state index in [4.69, 9.17) is 5.73 Å². The van der Waals surface area contributed by atoms with Gasteiger partial charge in [-0.2, -0.15) is 0 Å². The molecule has 2 rings (SSSR count). The summed E-state index contributed by atoms with van der Waals surface area (Å²) in [6.45, 7) is 5.68. The SMILES string of the molecule is CCC(N)c1ccccc1N1CCCCCC1C. The number of nitrogens with two attached hydrogens (primary N) is 1. The Bertz CT molecular complexity index is 375. The molecule has 0 radical (unpaired) electrons. The fourth-order valence-electron chi connectivity index (χ4n) is 2.92. The number of anilines is 1. The summed E-state index contributed by atoms with van der Waals surface area (Å²) in [6.07, 6.45) is 6.33. The van der Waals surface area contributed by atoms with Crippen molar-refractivity contribution in [2.45, 2.75) is 58.0 Å². The number of rotatable bonds is 3. The minimum atomic E-state index is 0.164. The van der Waals surface area contributed by atoms with Crippen LogP contribution in [0.4, 0.5) is 5.69 Å². The maximum atomic E-state index is 6.26. The molecule has 2 atom stereocenters. The molecule has 0 aromatic heterocycles. The van der Waals surface area contributed by atoms with Gasteiger partial charge in [0.2, 0.25) is 0 Å². The zero-order chi connectivity index (χ0) is 13.0. The normalized spacial score (nSPS) is 22.6. The van der Waals surface area contributed by atoms with Gasteiger partial charge >= 0.3 is 0 Å². The molecular weight excluding hydrogens is 220 g/mol. The Hall–Kier alpha value is -1.02. The number of nitrogens with zero attached hydrogens (tertiary/aromatic N) is 1. The molecule has 1 aromatic carbocycles. The van der Waals surface area contributed by atoms with E-state index in [1.165, 1.54) is 43.5 Å². The largest absolute Gasteiger partial charge is 0.369 e. The molecule has 0 aliphatic carbocycles. The van der Waals surface area contributed by atoms with Crippen molar-refractivity contribution >= 4 is 5.69 Å². The highest BCUT2D eigenvalue weighted by Crippen LogP contribution is 2.31. The Balaban J connectivity index is 2.30. The van der Waals surface area contributed by atoms with Crippen LogP contribution in [0.15, 0.2) is 24.3 Å². The van der Waals surface area contributed by atoms with Gasteiger partial charge in [-0.3, -0.25) is 0 Å². The molecular formula is C16H26N2. The molecule has 1 aliphatic heterocycles. The molecule has 0 spiro atoms. The third kappa shape index (κ3) is 2.86. The summed E-state index contributed by atoms with van der Waals surface area (Å²) in [7, 11) is 0. The van der Waals surface area contributed by atoms with Crippen molar-refractivity contribution in [2.75, 3.05) is 11.4 Å². The van der Waals surface area contributed by atoms with Crippen LogP contribution in [0.25, 0.3) is 0 Å². The van der Waals surface area contributed by atoms with Crippen LogP contribution in [-0.4, -0.2) is 12.6 Å². The quantitative estimate of drug-likeness (QED) is 0.877. The van der Waals surface area contributed by atoms with E-state index in [0.717, 1.165) is 6.42 Å². The molecule has 0 bridgehead atoms. The summed E-state index contributed by atoms with van der Waals surface area (Å²) >= 11 is 0. The Morgan fingerprint density at radius 1 is 1.28 bits per heavy atom. The number of benzene rings is 1. The number of hydrogen-bond donors (Lipinski definition) is 1. The molecule has 0 amide bonds. The molecule has 2 nitrogen and oxygen atoms in total. The molecule has 2 N–H and O–H groups in total. The molecule has 1 saturated heterocycles. The lowest BCUT2D eigenvalue weighted by molar-refractivity contribution is 0.608. The third-order valence-electron chi connectivity index (χ3n) is 4.14. The predicted octanol–water partition coefficient (Wildman–Crippen LogP) is 3.87. The van der Waals surface area contributed by atoms with Gasteiger partial charge in [0.05, 0.1) is 0 Å². The Morgan fingerprint density at radius 3 is 2.83 bits per heavy atom. The van der Waals surface area contributed by atoms with Crippen LogP contribution in [-0.2, 0) is 0 Å². The van der Waals surface area contributed by atoms with Crippen LogP contribution >= 0.6 is 0 Å². The van der Waals surface area contributed by atoms with Crippen molar-refractivity contribution in [3.8, 4) is 0 Å². The Morgan fingerprint density at radius 2 is 2.06 bits per heavy atom. The molecule has 18 heavy (non-hydrogen) atoms. The minimum absolute atomic E-state index is 0.164. The highest BCUT2D eigenvalue weighted by atomic mass is 15.2. The lowest BCUT2D eigenvalue weighted by Gasteiger charge is -2.32. The van der Waals surface area contributed by atoms with Gasteiger partial charge in [0.25, 0.3) is 0 Å². The first kappa shape index (κ1) is 13.4. The highest BCUT2D eigenvalue weighted by molar-refractivity contribution is 5.55. The first-order chi connectivity index (χ1) is 8.74. The maximum Gasteiger partial charge on any atom is 0.0417 e. The highest BCUT2D eigenvalue weighted by Gasteiger charge is 2.20. The summed E-state index contributed by atoms with van der Waals surface area (Å²) < 4.78 is 0. The van der Waals surface area contributed by atoms with Gasteiger partial charge in [-0.1, -0.05) is 38.0 Å². The fourth-order valence-corrected chi connectivity index (χ4v) is 2.92. The molecule has 100 valence electrons. The average molecular weight is 246 g/mol. The van der Waals surface area contributed by atoms with Gasteiger partial charge < -0.3 is 10.6 Å². The van der Waals surface area contributed by atoms with Gasteiger partial charge in [-0.15, -0.1) is 0 Å². The summed E-state index contributed by atoms with van der Waals surface area (Å²) in [5, 5.41) is 0. The Labute approximate surface area is 111 Å².